The molecule has 25 heavy (non-hydrogen) atoms. The van der Waals surface area contributed by atoms with E-state index in [1.54, 1.807) is 0 Å². The Morgan fingerprint density at radius 1 is 0.800 bits per heavy atom. The molecule has 2 fully saturated rings. The second kappa shape index (κ2) is 7.14. The van der Waals surface area contributed by atoms with Crippen LogP contribution in [0.15, 0.2) is 24.7 Å². The molecular formula is C16H20FN7O. The van der Waals surface area contributed by atoms with Crippen molar-refractivity contribution in [1.82, 2.24) is 19.9 Å². The third-order valence-electron chi connectivity index (χ3n) is 4.42. The Morgan fingerprint density at radius 3 is 2.16 bits per heavy atom. The fourth-order valence-corrected chi connectivity index (χ4v) is 3.04. The van der Waals surface area contributed by atoms with E-state index in [2.05, 4.69) is 29.7 Å². The SMILES string of the molecule is Fc1cnc(N2CCN(c3ccnc(N4CCOCC4)n3)CC2)nc1. The standard InChI is InChI=1S/C16H20FN7O/c17-13-11-19-15(20-12-13)23-5-3-22(4-6-23)14-1-2-18-16(21-14)24-7-9-25-10-8-24/h1-2,11-12H,3-10H2. The Balaban J connectivity index is 1.41. The smallest absolute Gasteiger partial charge is 0.227 e. The van der Waals surface area contributed by atoms with Crippen LogP contribution >= 0.6 is 0 Å². The average molecular weight is 345 g/mol. The fraction of sp³-hybridized carbons (Fsp3) is 0.500. The van der Waals surface area contributed by atoms with Crippen LogP contribution in [0.2, 0.25) is 0 Å². The minimum absolute atomic E-state index is 0.418. The minimum Gasteiger partial charge on any atom is -0.378 e. The van der Waals surface area contributed by atoms with Crippen LogP contribution < -0.4 is 14.7 Å². The summed E-state index contributed by atoms with van der Waals surface area (Å²) in [7, 11) is 0. The number of ether oxygens (including phenoxy) is 1. The Hall–Kier alpha value is -2.55. The number of hydrogen-bond acceptors (Lipinski definition) is 8. The van der Waals surface area contributed by atoms with Crippen molar-refractivity contribution in [3.8, 4) is 0 Å². The highest BCUT2D eigenvalue weighted by molar-refractivity contribution is 5.46. The zero-order valence-corrected chi connectivity index (χ0v) is 13.9. The molecule has 2 aromatic heterocycles. The third-order valence-corrected chi connectivity index (χ3v) is 4.42. The zero-order chi connectivity index (χ0) is 17.1. The number of piperazine rings is 1. The van der Waals surface area contributed by atoms with Crippen molar-refractivity contribution in [2.24, 2.45) is 0 Å². The highest BCUT2D eigenvalue weighted by Gasteiger charge is 2.21. The molecule has 9 heteroatoms. The van der Waals surface area contributed by atoms with Gasteiger partial charge in [0, 0.05) is 45.5 Å². The summed E-state index contributed by atoms with van der Waals surface area (Å²) in [5, 5.41) is 0. The van der Waals surface area contributed by atoms with Crippen LogP contribution in [0.25, 0.3) is 0 Å². The van der Waals surface area contributed by atoms with E-state index in [9.17, 15) is 4.39 Å². The second-order valence-electron chi connectivity index (χ2n) is 5.99. The summed E-state index contributed by atoms with van der Waals surface area (Å²) in [5.74, 6) is 1.83. The number of rotatable bonds is 3. The molecule has 4 rings (SSSR count). The van der Waals surface area contributed by atoms with Gasteiger partial charge in [0.05, 0.1) is 25.6 Å². The van der Waals surface area contributed by atoms with Crippen LogP contribution in [-0.4, -0.2) is 72.4 Å². The maximum atomic E-state index is 13.0. The van der Waals surface area contributed by atoms with Gasteiger partial charge in [0.1, 0.15) is 5.82 Å². The number of aromatic nitrogens is 4. The van der Waals surface area contributed by atoms with Crippen molar-refractivity contribution in [3.05, 3.63) is 30.5 Å². The first-order valence-corrected chi connectivity index (χ1v) is 8.43. The molecule has 0 saturated carbocycles. The van der Waals surface area contributed by atoms with Crippen LogP contribution in [-0.2, 0) is 4.74 Å². The van der Waals surface area contributed by atoms with E-state index in [4.69, 9.17) is 9.72 Å². The van der Waals surface area contributed by atoms with Crippen LogP contribution in [0.3, 0.4) is 0 Å². The average Bonchev–Trinajstić information content (AvgIpc) is 2.70. The van der Waals surface area contributed by atoms with Gasteiger partial charge in [-0.3, -0.25) is 0 Å². The Morgan fingerprint density at radius 2 is 1.44 bits per heavy atom. The van der Waals surface area contributed by atoms with Crippen LogP contribution in [0.4, 0.5) is 22.1 Å². The highest BCUT2D eigenvalue weighted by atomic mass is 19.1. The van der Waals surface area contributed by atoms with Crippen molar-refractivity contribution in [2.75, 3.05) is 67.2 Å². The summed E-state index contributed by atoms with van der Waals surface area (Å²) >= 11 is 0. The van der Waals surface area contributed by atoms with E-state index in [0.717, 1.165) is 51.0 Å². The molecule has 0 atom stereocenters. The quantitative estimate of drug-likeness (QED) is 0.800. The molecule has 0 spiro atoms. The number of hydrogen-bond donors (Lipinski definition) is 0. The van der Waals surface area contributed by atoms with Crippen LogP contribution in [0.1, 0.15) is 0 Å². The van der Waals surface area contributed by atoms with Gasteiger partial charge in [0.2, 0.25) is 11.9 Å². The lowest BCUT2D eigenvalue weighted by Gasteiger charge is -2.35. The van der Waals surface area contributed by atoms with Crippen LogP contribution in [0, 0.1) is 5.82 Å². The van der Waals surface area contributed by atoms with Crippen molar-refractivity contribution in [3.63, 3.8) is 0 Å². The first kappa shape index (κ1) is 15.9. The maximum absolute atomic E-state index is 13.0. The third kappa shape index (κ3) is 3.60. The topological polar surface area (TPSA) is 70.5 Å². The van der Waals surface area contributed by atoms with Gasteiger partial charge in [-0.25, -0.2) is 19.3 Å². The van der Waals surface area contributed by atoms with Gasteiger partial charge < -0.3 is 19.4 Å². The summed E-state index contributed by atoms with van der Waals surface area (Å²) in [4.78, 5) is 23.6. The summed E-state index contributed by atoms with van der Waals surface area (Å²) in [6.45, 7) is 6.21. The first-order chi connectivity index (χ1) is 12.3. The predicted molar refractivity (Wildman–Crippen MR) is 91.5 cm³/mol. The maximum Gasteiger partial charge on any atom is 0.227 e. The van der Waals surface area contributed by atoms with Gasteiger partial charge in [0.15, 0.2) is 5.82 Å². The molecule has 0 aliphatic carbocycles. The molecule has 8 nitrogen and oxygen atoms in total. The van der Waals surface area contributed by atoms with Crippen molar-refractivity contribution >= 4 is 17.7 Å². The molecule has 2 saturated heterocycles. The molecule has 132 valence electrons. The normalized spacial score (nSPS) is 18.5. The summed E-state index contributed by atoms with van der Waals surface area (Å²) in [6.07, 6.45) is 4.21. The van der Waals surface area contributed by atoms with E-state index in [1.807, 2.05) is 12.3 Å². The molecule has 2 aliphatic heterocycles. The van der Waals surface area contributed by atoms with Crippen LogP contribution in [0.5, 0.6) is 0 Å². The van der Waals surface area contributed by atoms with Gasteiger partial charge in [-0.2, -0.15) is 4.98 Å². The molecule has 0 unspecified atom stereocenters. The first-order valence-electron chi connectivity index (χ1n) is 8.43. The lowest BCUT2D eigenvalue weighted by molar-refractivity contribution is 0.122. The Bertz CT molecular complexity index is 700. The number of nitrogens with zero attached hydrogens (tertiary/aromatic N) is 7. The largest absolute Gasteiger partial charge is 0.378 e. The van der Waals surface area contributed by atoms with E-state index >= 15 is 0 Å². The lowest BCUT2D eigenvalue weighted by atomic mass is 10.3. The molecule has 2 aliphatic rings. The highest BCUT2D eigenvalue weighted by Crippen LogP contribution is 2.19. The number of halogens is 1. The molecule has 0 bridgehead atoms. The van der Waals surface area contributed by atoms with Gasteiger partial charge in [-0.15, -0.1) is 0 Å². The number of anilines is 3. The molecule has 0 radical (unpaired) electrons. The van der Waals surface area contributed by atoms with Gasteiger partial charge in [-0.05, 0) is 6.07 Å². The molecular weight excluding hydrogens is 325 g/mol. The molecule has 0 amide bonds. The van der Waals surface area contributed by atoms with E-state index in [1.165, 1.54) is 12.4 Å². The van der Waals surface area contributed by atoms with Gasteiger partial charge in [0.25, 0.3) is 0 Å². The summed E-state index contributed by atoms with van der Waals surface area (Å²) < 4.78 is 18.3. The molecule has 2 aromatic rings. The molecule has 0 N–H and O–H groups in total. The molecule has 0 aromatic carbocycles. The van der Waals surface area contributed by atoms with Gasteiger partial charge in [-0.1, -0.05) is 0 Å². The summed E-state index contributed by atoms with van der Waals surface area (Å²) in [6, 6.07) is 1.94. The summed E-state index contributed by atoms with van der Waals surface area (Å²) in [5.41, 5.74) is 0. The van der Waals surface area contributed by atoms with E-state index < -0.39 is 5.82 Å². The number of morpholine rings is 1. The van der Waals surface area contributed by atoms with Crippen molar-refractivity contribution < 1.29 is 9.13 Å². The fourth-order valence-electron chi connectivity index (χ4n) is 3.04. The lowest BCUT2D eigenvalue weighted by Crippen LogP contribution is -2.47. The van der Waals surface area contributed by atoms with E-state index in [-0.39, 0.29) is 0 Å². The monoisotopic (exact) mass is 345 g/mol. The van der Waals surface area contributed by atoms with E-state index in [0.29, 0.717) is 19.2 Å². The predicted octanol–water partition coefficient (Wildman–Crippen LogP) is 0.569. The second-order valence-corrected chi connectivity index (χ2v) is 5.99. The zero-order valence-electron chi connectivity index (χ0n) is 13.9. The minimum atomic E-state index is -0.418. The Labute approximate surface area is 145 Å². The Kier molecular flexibility index (Phi) is 4.55. The van der Waals surface area contributed by atoms with Crippen molar-refractivity contribution in [2.45, 2.75) is 0 Å². The molecule has 4 heterocycles. The van der Waals surface area contributed by atoms with Crippen molar-refractivity contribution in [1.29, 1.82) is 0 Å². The van der Waals surface area contributed by atoms with Gasteiger partial charge >= 0.3 is 0 Å².